The lowest BCUT2D eigenvalue weighted by Gasteiger charge is -2.34. The SMILES string of the molecule is CC1CCCn2c1cnc2CC1CCN(C(C)C)CC1. The van der Waals surface area contributed by atoms with Crippen molar-refractivity contribution in [3.8, 4) is 0 Å². The summed E-state index contributed by atoms with van der Waals surface area (Å²) in [6.45, 7) is 10.7. The number of likely N-dealkylation sites (tertiary alicyclic amines) is 1. The van der Waals surface area contributed by atoms with E-state index in [4.69, 9.17) is 4.98 Å². The lowest BCUT2D eigenvalue weighted by molar-refractivity contribution is 0.148. The molecule has 0 aromatic carbocycles. The van der Waals surface area contributed by atoms with E-state index in [2.05, 4.69) is 36.4 Å². The second-order valence-electron chi connectivity index (χ2n) is 7.07. The smallest absolute Gasteiger partial charge is 0.109 e. The second-order valence-corrected chi connectivity index (χ2v) is 7.07. The van der Waals surface area contributed by atoms with Crippen molar-refractivity contribution in [1.29, 1.82) is 0 Å². The molecular formula is C17H29N3. The standard InChI is InChI=1S/C17H29N3/c1-13(2)19-9-6-15(7-10-19)11-17-18-12-16-14(3)5-4-8-20(16)17/h12-15H,4-11H2,1-3H3. The van der Waals surface area contributed by atoms with Crippen LogP contribution in [-0.2, 0) is 13.0 Å². The fraction of sp³-hybridized carbons (Fsp3) is 0.824. The van der Waals surface area contributed by atoms with Crippen molar-refractivity contribution in [3.63, 3.8) is 0 Å². The molecule has 0 N–H and O–H groups in total. The van der Waals surface area contributed by atoms with Gasteiger partial charge in [-0.1, -0.05) is 6.92 Å². The first-order chi connectivity index (χ1) is 9.65. The van der Waals surface area contributed by atoms with E-state index in [1.807, 2.05) is 0 Å². The van der Waals surface area contributed by atoms with Crippen LogP contribution in [0.2, 0.25) is 0 Å². The van der Waals surface area contributed by atoms with E-state index in [0.717, 1.165) is 5.92 Å². The number of hydrogen-bond donors (Lipinski definition) is 0. The Hall–Kier alpha value is -0.830. The summed E-state index contributed by atoms with van der Waals surface area (Å²) in [5.74, 6) is 2.90. The van der Waals surface area contributed by atoms with E-state index in [9.17, 15) is 0 Å². The zero-order valence-corrected chi connectivity index (χ0v) is 13.3. The Morgan fingerprint density at radius 3 is 2.65 bits per heavy atom. The first-order valence-electron chi connectivity index (χ1n) is 8.43. The summed E-state index contributed by atoms with van der Waals surface area (Å²) in [5.41, 5.74) is 1.48. The van der Waals surface area contributed by atoms with Crippen LogP contribution in [0.3, 0.4) is 0 Å². The first kappa shape index (κ1) is 14.1. The van der Waals surface area contributed by atoms with Crippen molar-refractivity contribution in [2.24, 2.45) is 5.92 Å². The molecule has 2 aliphatic heterocycles. The summed E-state index contributed by atoms with van der Waals surface area (Å²) in [4.78, 5) is 7.36. The number of fused-ring (bicyclic) bond motifs is 1. The van der Waals surface area contributed by atoms with E-state index in [1.165, 1.54) is 63.3 Å². The van der Waals surface area contributed by atoms with Crippen molar-refractivity contribution in [3.05, 3.63) is 17.7 Å². The lowest BCUT2D eigenvalue weighted by atomic mass is 9.92. The highest BCUT2D eigenvalue weighted by Gasteiger charge is 2.25. The van der Waals surface area contributed by atoms with Crippen molar-refractivity contribution < 1.29 is 0 Å². The molecule has 0 bridgehead atoms. The van der Waals surface area contributed by atoms with Crippen molar-refractivity contribution in [2.45, 2.75) is 71.4 Å². The Bertz CT molecular complexity index is 441. The molecule has 1 unspecified atom stereocenters. The van der Waals surface area contributed by atoms with Crippen LogP contribution in [0.5, 0.6) is 0 Å². The highest BCUT2D eigenvalue weighted by atomic mass is 15.2. The Labute approximate surface area is 123 Å². The van der Waals surface area contributed by atoms with E-state index in [1.54, 1.807) is 0 Å². The van der Waals surface area contributed by atoms with Gasteiger partial charge in [-0.15, -0.1) is 0 Å². The second kappa shape index (κ2) is 5.88. The average Bonchev–Trinajstić information content (AvgIpc) is 2.84. The fourth-order valence-corrected chi connectivity index (χ4v) is 3.88. The van der Waals surface area contributed by atoms with E-state index in [-0.39, 0.29) is 0 Å². The van der Waals surface area contributed by atoms with Crippen LogP contribution in [0.4, 0.5) is 0 Å². The molecule has 0 aliphatic carbocycles. The molecule has 20 heavy (non-hydrogen) atoms. The summed E-state index contributed by atoms with van der Waals surface area (Å²) < 4.78 is 2.52. The normalized spacial score (nSPS) is 25.1. The van der Waals surface area contributed by atoms with Crippen LogP contribution in [0.1, 0.15) is 63.9 Å². The van der Waals surface area contributed by atoms with Crippen LogP contribution >= 0.6 is 0 Å². The zero-order valence-electron chi connectivity index (χ0n) is 13.3. The molecule has 0 saturated carbocycles. The minimum absolute atomic E-state index is 0.702. The summed E-state index contributed by atoms with van der Waals surface area (Å²) >= 11 is 0. The van der Waals surface area contributed by atoms with Crippen molar-refractivity contribution in [2.75, 3.05) is 13.1 Å². The molecule has 0 radical (unpaired) electrons. The van der Waals surface area contributed by atoms with Crippen LogP contribution in [-0.4, -0.2) is 33.6 Å². The van der Waals surface area contributed by atoms with Gasteiger partial charge in [-0.05, 0) is 64.5 Å². The third-order valence-corrected chi connectivity index (χ3v) is 5.34. The molecule has 1 aromatic rings. The van der Waals surface area contributed by atoms with Crippen LogP contribution in [0.25, 0.3) is 0 Å². The fourth-order valence-electron chi connectivity index (χ4n) is 3.88. The van der Waals surface area contributed by atoms with Crippen LogP contribution < -0.4 is 0 Å². The van der Waals surface area contributed by atoms with Gasteiger partial charge in [0, 0.05) is 30.9 Å². The maximum atomic E-state index is 4.75. The molecule has 0 spiro atoms. The topological polar surface area (TPSA) is 21.1 Å². The Kier molecular flexibility index (Phi) is 4.16. The lowest BCUT2D eigenvalue weighted by Crippen LogP contribution is -2.39. The first-order valence-corrected chi connectivity index (χ1v) is 8.43. The van der Waals surface area contributed by atoms with Gasteiger partial charge in [0.15, 0.2) is 0 Å². The molecule has 3 nitrogen and oxygen atoms in total. The molecule has 1 aromatic heterocycles. The number of piperidine rings is 1. The van der Waals surface area contributed by atoms with Crippen molar-refractivity contribution in [1.82, 2.24) is 14.5 Å². The third kappa shape index (κ3) is 2.78. The summed E-state index contributed by atoms with van der Waals surface area (Å²) in [6, 6.07) is 0.705. The summed E-state index contributed by atoms with van der Waals surface area (Å²) in [7, 11) is 0. The van der Waals surface area contributed by atoms with Crippen LogP contribution in [0.15, 0.2) is 6.20 Å². The Morgan fingerprint density at radius 2 is 1.95 bits per heavy atom. The number of hydrogen-bond acceptors (Lipinski definition) is 2. The van der Waals surface area contributed by atoms with Gasteiger partial charge in [-0.3, -0.25) is 0 Å². The van der Waals surface area contributed by atoms with E-state index >= 15 is 0 Å². The number of nitrogens with zero attached hydrogens (tertiary/aromatic N) is 3. The van der Waals surface area contributed by atoms with Gasteiger partial charge < -0.3 is 9.47 Å². The minimum Gasteiger partial charge on any atom is -0.332 e. The van der Waals surface area contributed by atoms with Gasteiger partial charge >= 0.3 is 0 Å². The Morgan fingerprint density at radius 1 is 1.20 bits per heavy atom. The molecule has 2 aliphatic rings. The summed E-state index contributed by atoms with van der Waals surface area (Å²) in [5, 5.41) is 0. The van der Waals surface area contributed by atoms with Gasteiger partial charge in [0.25, 0.3) is 0 Å². The average molecular weight is 275 g/mol. The maximum absolute atomic E-state index is 4.75. The van der Waals surface area contributed by atoms with Gasteiger partial charge in [-0.2, -0.15) is 0 Å². The number of rotatable bonds is 3. The van der Waals surface area contributed by atoms with Crippen LogP contribution in [0, 0.1) is 5.92 Å². The molecule has 1 fully saturated rings. The molecule has 112 valence electrons. The zero-order chi connectivity index (χ0) is 14.1. The predicted molar refractivity (Wildman–Crippen MR) is 83.0 cm³/mol. The quantitative estimate of drug-likeness (QED) is 0.842. The summed E-state index contributed by atoms with van der Waals surface area (Å²) in [6.07, 6.45) is 8.67. The highest BCUT2D eigenvalue weighted by Crippen LogP contribution is 2.29. The number of imidazole rings is 1. The van der Waals surface area contributed by atoms with Gasteiger partial charge in [0.05, 0.1) is 0 Å². The molecule has 0 amide bonds. The molecular weight excluding hydrogens is 246 g/mol. The highest BCUT2D eigenvalue weighted by molar-refractivity contribution is 5.13. The monoisotopic (exact) mass is 275 g/mol. The molecule has 3 heteroatoms. The maximum Gasteiger partial charge on any atom is 0.109 e. The van der Waals surface area contributed by atoms with Crippen molar-refractivity contribution >= 4 is 0 Å². The Balaban J connectivity index is 1.62. The molecule has 1 atom stereocenters. The largest absolute Gasteiger partial charge is 0.332 e. The molecule has 3 rings (SSSR count). The van der Waals surface area contributed by atoms with Gasteiger partial charge in [-0.25, -0.2) is 4.98 Å². The third-order valence-electron chi connectivity index (χ3n) is 5.34. The minimum atomic E-state index is 0.702. The molecule has 1 saturated heterocycles. The predicted octanol–water partition coefficient (Wildman–Crippen LogP) is 3.44. The van der Waals surface area contributed by atoms with E-state index < -0.39 is 0 Å². The molecule has 3 heterocycles. The number of aromatic nitrogens is 2. The van der Waals surface area contributed by atoms with Gasteiger partial charge in [0.1, 0.15) is 5.82 Å². The van der Waals surface area contributed by atoms with E-state index in [0.29, 0.717) is 12.0 Å². The van der Waals surface area contributed by atoms with Gasteiger partial charge in [0.2, 0.25) is 0 Å².